The van der Waals surface area contributed by atoms with Crippen molar-refractivity contribution in [1.29, 1.82) is 0 Å². The number of likely N-dealkylation sites (tertiary alicyclic amines) is 1. The maximum absolute atomic E-state index is 12.6. The van der Waals surface area contributed by atoms with E-state index in [0.717, 1.165) is 47.8 Å². The molecular weight excluding hydrogens is 438 g/mol. The average Bonchev–Trinajstić information content (AvgIpc) is 3.30. The van der Waals surface area contributed by atoms with Gasteiger partial charge in [0.2, 0.25) is 5.01 Å². The molecule has 2 N–H and O–H groups in total. The Morgan fingerprint density at radius 3 is 2.48 bits per heavy atom. The molecule has 1 aromatic heterocycles. The topological polar surface area (TPSA) is 96.4 Å². The highest BCUT2D eigenvalue weighted by Gasteiger charge is 2.23. The predicted molar refractivity (Wildman–Crippen MR) is 128 cm³/mol. The first kappa shape index (κ1) is 22.9. The molecule has 8 nitrogen and oxygen atoms in total. The fraction of sp³-hybridized carbons (Fsp3) is 0.333. The summed E-state index contributed by atoms with van der Waals surface area (Å²) in [4.78, 5) is 27.3. The Labute approximate surface area is 197 Å². The molecule has 0 spiro atoms. The molecule has 172 valence electrons. The van der Waals surface area contributed by atoms with Gasteiger partial charge in [0.25, 0.3) is 11.8 Å². The van der Waals surface area contributed by atoms with Gasteiger partial charge in [-0.2, -0.15) is 0 Å². The van der Waals surface area contributed by atoms with Crippen LogP contribution in [0.1, 0.15) is 43.6 Å². The van der Waals surface area contributed by atoms with Crippen LogP contribution in [0.25, 0.3) is 0 Å². The summed E-state index contributed by atoms with van der Waals surface area (Å²) in [5.41, 5.74) is 2.39. The summed E-state index contributed by atoms with van der Waals surface area (Å²) in [6.45, 7) is 4.30. The molecule has 2 heterocycles. The second kappa shape index (κ2) is 10.5. The largest absolute Gasteiger partial charge is 0.497 e. The van der Waals surface area contributed by atoms with Crippen LogP contribution in [-0.4, -0.2) is 53.2 Å². The van der Waals surface area contributed by atoms with Crippen molar-refractivity contribution in [3.8, 4) is 5.75 Å². The lowest BCUT2D eigenvalue weighted by atomic mass is 10.0. The number of aromatic nitrogens is 2. The van der Waals surface area contributed by atoms with Gasteiger partial charge in [0.15, 0.2) is 0 Å². The van der Waals surface area contributed by atoms with Crippen LogP contribution >= 0.6 is 11.3 Å². The minimum atomic E-state index is -0.276. The number of nitrogens with one attached hydrogen (secondary N) is 2. The van der Waals surface area contributed by atoms with Crippen molar-refractivity contribution in [2.45, 2.75) is 32.4 Å². The third-order valence-corrected chi connectivity index (χ3v) is 6.59. The van der Waals surface area contributed by atoms with E-state index in [0.29, 0.717) is 17.2 Å². The van der Waals surface area contributed by atoms with E-state index in [4.69, 9.17) is 4.74 Å². The van der Waals surface area contributed by atoms with E-state index in [1.165, 1.54) is 11.3 Å². The SMILES string of the molecule is COc1ccc(NC(=O)c2nnc(CN3CCC(NC(=O)c4ccccc4C)CC3)s2)cc1. The zero-order valence-corrected chi connectivity index (χ0v) is 19.5. The molecule has 1 saturated heterocycles. The number of ether oxygens (including phenoxy) is 1. The van der Waals surface area contributed by atoms with Gasteiger partial charge < -0.3 is 15.4 Å². The fourth-order valence-corrected chi connectivity index (χ4v) is 4.56. The Morgan fingerprint density at radius 1 is 1.06 bits per heavy atom. The van der Waals surface area contributed by atoms with E-state index >= 15 is 0 Å². The summed E-state index contributed by atoms with van der Waals surface area (Å²) in [6, 6.07) is 14.9. The summed E-state index contributed by atoms with van der Waals surface area (Å²) in [5.74, 6) is 0.439. The van der Waals surface area contributed by atoms with Gasteiger partial charge in [0, 0.05) is 30.4 Å². The van der Waals surface area contributed by atoms with Gasteiger partial charge >= 0.3 is 0 Å². The molecule has 0 aliphatic carbocycles. The van der Waals surface area contributed by atoms with Gasteiger partial charge in [0.1, 0.15) is 10.8 Å². The van der Waals surface area contributed by atoms with Crippen LogP contribution in [0.15, 0.2) is 48.5 Å². The first-order chi connectivity index (χ1) is 16.0. The molecule has 1 aliphatic heterocycles. The van der Waals surface area contributed by atoms with Gasteiger partial charge in [-0.15, -0.1) is 10.2 Å². The zero-order chi connectivity index (χ0) is 23.2. The lowest BCUT2D eigenvalue weighted by Gasteiger charge is -2.31. The van der Waals surface area contributed by atoms with E-state index in [1.807, 2.05) is 31.2 Å². The zero-order valence-electron chi connectivity index (χ0n) is 18.7. The summed E-state index contributed by atoms with van der Waals surface area (Å²) >= 11 is 1.30. The van der Waals surface area contributed by atoms with Gasteiger partial charge in [-0.05, 0) is 55.7 Å². The van der Waals surface area contributed by atoms with E-state index < -0.39 is 0 Å². The minimum absolute atomic E-state index is 0.0109. The maximum Gasteiger partial charge on any atom is 0.286 e. The van der Waals surface area contributed by atoms with Crippen molar-refractivity contribution in [2.75, 3.05) is 25.5 Å². The Bertz CT molecular complexity index is 1110. The van der Waals surface area contributed by atoms with Crippen molar-refractivity contribution in [3.05, 3.63) is 69.7 Å². The number of benzene rings is 2. The Kier molecular flexibility index (Phi) is 7.31. The number of hydrogen-bond acceptors (Lipinski definition) is 7. The van der Waals surface area contributed by atoms with Crippen molar-refractivity contribution >= 4 is 28.8 Å². The van der Waals surface area contributed by atoms with Crippen LogP contribution in [0, 0.1) is 6.92 Å². The fourth-order valence-electron chi connectivity index (χ4n) is 3.79. The summed E-state index contributed by atoms with van der Waals surface area (Å²) < 4.78 is 5.13. The monoisotopic (exact) mass is 465 g/mol. The Hall–Kier alpha value is -3.30. The molecule has 4 rings (SSSR count). The molecular formula is C24H27N5O3S. The average molecular weight is 466 g/mol. The van der Waals surface area contributed by atoms with Crippen molar-refractivity contribution in [2.24, 2.45) is 0 Å². The summed E-state index contributed by atoms with van der Waals surface area (Å²) in [5, 5.41) is 15.4. The van der Waals surface area contributed by atoms with Crippen LogP contribution < -0.4 is 15.4 Å². The minimum Gasteiger partial charge on any atom is -0.497 e. The van der Waals surface area contributed by atoms with Crippen LogP contribution in [0.2, 0.25) is 0 Å². The van der Waals surface area contributed by atoms with Crippen LogP contribution in [0.3, 0.4) is 0 Å². The van der Waals surface area contributed by atoms with Crippen LogP contribution in [0.4, 0.5) is 5.69 Å². The van der Waals surface area contributed by atoms with Crippen molar-refractivity contribution in [1.82, 2.24) is 20.4 Å². The quantitative estimate of drug-likeness (QED) is 0.554. The Morgan fingerprint density at radius 2 is 1.79 bits per heavy atom. The van der Waals surface area contributed by atoms with E-state index in [1.54, 1.807) is 31.4 Å². The lowest BCUT2D eigenvalue weighted by Crippen LogP contribution is -2.44. The van der Waals surface area contributed by atoms with Gasteiger partial charge in [-0.25, -0.2) is 0 Å². The molecule has 0 bridgehead atoms. The molecule has 0 radical (unpaired) electrons. The van der Waals surface area contributed by atoms with E-state index in [-0.39, 0.29) is 17.9 Å². The first-order valence-electron chi connectivity index (χ1n) is 10.9. The van der Waals surface area contributed by atoms with E-state index in [2.05, 4.69) is 25.7 Å². The van der Waals surface area contributed by atoms with Gasteiger partial charge in [-0.3, -0.25) is 14.5 Å². The number of hydrogen-bond donors (Lipinski definition) is 2. The number of anilines is 1. The second-order valence-electron chi connectivity index (χ2n) is 8.02. The number of carbonyl (C=O) groups is 2. The highest BCUT2D eigenvalue weighted by Crippen LogP contribution is 2.20. The molecule has 1 aliphatic rings. The first-order valence-corrected chi connectivity index (χ1v) is 11.7. The lowest BCUT2D eigenvalue weighted by molar-refractivity contribution is 0.0907. The number of methoxy groups -OCH3 is 1. The van der Waals surface area contributed by atoms with Crippen LogP contribution in [0.5, 0.6) is 5.75 Å². The van der Waals surface area contributed by atoms with E-state index in [9.17, 15) is 9.59 Å². The molecule has 1 fully saturated rings. The number of rotatable bonds is 7. The molecule has 0 saturated carbocycles. The number of nitrogens with zero attached hydrogens (tertiary/aromatic N) is 3. The van der Waals surface area contributed by atoms with Gasteiger partial charge in [-0.1, -0.05) is 29.5 Å². The summed E-state index contributed by atoms with van der Waals surface area (Å²) in [7, 11) is 1.60. The standard InChI is InChI=1S/C24H27N5O3S/c1-16-5-3-4-6-20(16)22(30)25-18-11-13-29(14-12-18)15-21-27-28-24(33-21)23(31)26-17-7-9-19(32-2)10-8-17/h3-10,18H,11-15H2,1-2H3,(H,25,30)(H,26,31). The van der Waals surface area contributed by atoms with Crippen molar-refractivity contribution in [3.63, 3.8) is 0 Å². The molecule has 0 unspecified atom stereocenters. The number of piperidine rings is 1. The maximum atomic E-state index is 12.6. The number of amides is 2. The second-order valence-corrected chi connectivity index (χ2v) is 9.08. The molecule has 0 atom stereocenters. The highest BCUT2D eigenvalue weighted by atomic mass is 32.1. The third kappa shape index (κ3) is 5.94. The van der Waals surface area contributed by atoms with Crippen LogP contribution in [-0.2, 0) is 6.54 Å². The number of carbonyl (C=O) groups excluding carboxylic acids is 2. The normalized spacial score (nSPS) is 14.6. The molecule has 9 heteroatoms. The Balaban J connectivity index is 1.25. The predicted octanol–water partition coefficient (Wildman–Crippen LogP) is 3.50. The number of aryl methyl sites for hydroxylation is 1. The highest BCUT2D eigenvalue weighted by molar-refractivity contribution is 7.13. The van der Waals surface area contributed by atoms with Gasteiger partial charge in [0.05, 0.1) is 13.7 Å². The summed E-state index contributed by atoms with van der Waals surface area (Å²) in [6.07, 6.45) is 1.75. The molecule has 33 heavy (non-hydrogen) atoms. The third-order valence-electron chi connectivity index (χ3n) is 5.68. The molecule has 2 amide bonds. The molecule has 2 aromatic carbocycles. The van der Waals surface area contributed by atoms with Crippen molar-refractivity contribution < 1.29 is 14.3 Å². The smallest absolute Gasteiger partial charge is 0.286 e. The molecule has 3 aromatic rings.